The Balaban J connectivity index is 3.04. The monoisotopic (exact) mass is 312 g/mol. The molecule has 54 valence electrons. The number of aromatic nitrogens is 2. The first-order chi connectivity index (χ1) is 4.74. The summed E-state index contributed by atoms with van der Waals surface area (Å²) in [5.74, 6) is 0. The summed E-state index contributed by atoms with van der Waals surface area (Å²) in [7, 11) is 0. The number of hydrogen-bond acceptors (Lipinski definition) is 2. The number of aryl methyl sites for hydroxylation is 1. The molecular weight excluding hydrogens is 307 g/mol. The summed E-state index contributed by atoms with van der Waals surface area (Å²) >= 11 is 5.48. The van der Waals surface area contributed by atoms with Crippen molar-refractivity contribution in [2.45, 2.75) is 12.3 Å². The topological polar surface area (TPSA) is 25.8 Å². The van der Waals surface area contributed by atoms with Gasteiger partial charge in [0.1, 0.15) is 3.70 Å². The van der Waals surface area contributed by atoms with Crippen molar-refractivity contribution in [3.63, 3.8) is 0 Å². The third-order valence-corrected chi connectivity index (χ3v) is 2.71. The van der Waals surface area contributed by atoms with Crippen LogP contribution >= 0.6 is 38.5 Å². The maximum atomic E-state index is 4.27. The summed E-state index contributed by atoms with van der Waals surface area (Å²) < 4.78 is 0.974. The molecule has 2 nitrogen and oxygen atoms in total. The summed E-state index contributed by atoms with van der Waals surface area (Å²) in [5, 5.41) is 0.776. The highest BCUT2D eigenvalue weighted by molar-refractivity contribution is 14.1. The Morgan fingerprint density at radius 2 is 2.40 bits per heavy atom. The molecule has 10 heavy (non-hydrogen) atoms. The molecule has 0 fully saturated rings. The van der Waals surface area contributed by atoms with Gasteiger partial charge in [-0.2, -0.15) is 0 Å². The molecule has 0 spiro atoms. The van der Waals surface area contributed by atoms with Crippen LogP contribution in [-0.2, 0) is 5.33 Å². The van der Waals surface area contributed by atoms with E-state index in [-0.39, 0.29) is 0 Å². The van der Waals surface area contributed by atoms with Crippen molar-refractivity contribution in [2.75, 3.05) is 0 Å². The van der Waals surface area contributed by atoms with Gasteiger partial charge in [-0.25, -0.2) is 4.98 Å². The van der Waals surface area contributed by atoms with Gasteiger partial charge in [-0.15, -0.1) is 0 Å². The van der Waals surface area contributed by atoms with Gasteiger partial charge in [0, 0.05) is 5.33 Å². The van der Waals surface area contributed by atoms with Crippen molar-refractivity contribution in [1.29, 1.82) is 0 Å². The molecule has 0 saturated carbocycles. The highest BCUT2D eigenvalue weighted by Crippen LogP contribution is 2.07. The summed E-state index contributed by atoms with van der Waals surface area (Å²) in [4.78, 5) is 8.42. The van der Waals surface area contributed by atoms with Gasteiger partial charge in [0.2, 0.25) is 0 Å². The van der Waals surface area contributed by atoms with E-state index in [9.17, 15) is 0 Å². The minimum atomic E-state index is 0.776. The van der Waals surface area contributed by atoms with Gasteiger partial charge in [-0.3, -0.25) is 4.98 Å². The molecule has 1 heterocycles. The molecule has 0 radical (unpaired) electrons. The Labute approximate surface area is 81.7 Å². The predicted octanol–water partition coefficient (Wildman–Crippen LogP) is 2.28. The lowest BCUT2D eigenvalue weighted by molar-refractivity contribution is 1.02. The summed E-state index contributed by atoms with van der Waals surface area (Å²) in [5.41, 5.74) is 1.98. The number of halogens is 2. The smallest absolute Gasteiger partial charge is 0.122 e. The molecule has 1 aromatic rings. The van der Waals surface area contributed by atoms with Crippen LogP contribution in [0, 0.1) is 10.6 Å². The van der Waals surface area contributed by atoms with Crippen molar-refractivity contribution >= 4 is 38.5 Å². The minimum Gasteiger partial charge on any atom is -0.253 e. The third kappa shape index (κ3) is 1.88. The first kappa shape index (κ1) is 8.39. The van der Waals surface area contributed by atoms with Crippen LogP contribution < -0.4 is 0 Å². The molecular formula is C6H6BrIN2. The molecule has 0 atom stereocenters. The Kier molecular flexibility index (Phi) is 3.03. The van der Waals surface area contributed by atoms with Crippen molar-refractivity contribution in [1.82, 2.24) is 9.97 Å². The average molecular weight is 313 g/mol. The number of alkyl halides is 1. The van der Waals surface area contributed by atoms with Crippen LogP contribution in [0.1, 0.15) is 11.4 Å². The molecule has 1 rings (SSSR count). The van der Waals surface area contributed by atoms with E-state index in [2.05, 4.69) is 48.5 Å². The molecule has 0 aromatic carbocycles. The summed E-state index contributed by atoms with van der Waals surface area (Å²) in [6.07, 6.45) is 1.78. The van der Waals surface area contributed by atoms with Gasteiger partial charge in [-0.1, -0.05) is 15.9 Å². The Morgan fingerprint density at radius 3 is 2.90 bits per heavy atom. The zero-order valence-corrected chi connectivity index (χ0v) is 9.18. The molecule has 1 aromatic heterocycles. The number of nitrogens with zero attached hydrogens (tertiary/aromatic N) is 2. The van der Waals surface area contributed by atoms with Crippen LogP contribution in [0.15, 0.2) is 6.20 Å². The van der Waals surface area contributed by atoms with E-state index in [0.717, 1.165) is 20.4 Å². The lowest BCUT2D eigenvalue weighted by Crippen LogP contribution is -1.94. The van der Waals surface area contributed by atoms with Gasteiger partial charge in [-0.05, 0) is 29.5 Å². The fourth-order valence-corrected chi connectivity index (χ4v) is 1.11. The van der Waals surface area contributed by atoms with Crippen LogP contribution in [-0.4, -0.2) is 9.97 Å². The van der Waals surface area contributed by atoms with Gasteiger partial charge < -0.3 is 0 Å². The quantitative estimate of drug-likeness (QED) is 0.587. The van der Waals surface area contributed by atoms with E-state index >= 15 is 0 Å². The van der Waals surface area contributed by atoms with Gasteiger partial charge in [0.05, 0.1) is 17.6 Å². The number of hydrogen-bond donors (Lipinski definition) is 0. The van der Waals surface area contributed by atoms with Crippen molar-refractivity contribution in [3.8, 4) is 0 Å². The van der Waals surface area contributed by atoms with Crippen LogP contribution in [0.2, 0.25) is 0 Å². The fourth-order valence-electron chi connectivity index (χ4n) is 0.579. The molecule has 0 aliphatic carbocycles. The van der Waals surface area contributed by atoms with Crippen molar-refractivity contribution in [3.05, 3.63) is 21.3 Å². The molecule has 0 aliphatic rings. The van der Waals surface area contributed by atoms with E-state index in [1.54, 1.807) is 6.20 Å². The largest absolute Gasteiger partial charge is 0.253 e. The Bertz CT molecular complexity index is 239. The fraction of sp³-hybridized carbons (Fsp3) is 0.333. The lowest BCUT2D eigenvalue weighted by Gasteiger charge is -1.97. The van der Waals surface area contributed by atoms with E-state index in [4.69, 9.17) is 0 Å². The molecule has 0 aliphatic heterocycles. The Hall–Kier alpha value is 0.290. The van der Waals surface area contributed by atoms with Gasteiger partial charge >= 0.3 is 0 Å². The standard InChI is InChI=1S/C6H6BrIN2/c1-4-6(8)9-3-5(2-7)10-4/h3H,2H2,1H3. The second kappa shape index (κ2) is 3.61. The molecule has 0 N–H and O–H groups in total. The van der Waals surface area contributed by atoms with E-state index in [0.29, 0.717) is 0 Å². The van der Waals surface area contributed by atoms with E-state index in [1.807, 2.05) is 6.92 Å². The highest BCUT2D eigenvalue weighted by atomic mass is 127. The maximum Gasteiger partial charge on any atom is 0.122 e. The maximum absolute atomic E-state index is 4.27. The molecule has 0 amide bonds. The average Bonchev–Trinajstić information content (AvgIpc) is 1.95. The molecule has 0 bridgehead atoms. The zero-order chi connectivity index (χ0) is 7.56. The SMILES string of the molecule is Cc1nc(CBr)cnc1I. The van der Waals surface area contributed by atoms with Crippen LogP contribution in [0.3, 0.4) is 0 Å². The first-order valence-electron chi connectivity index (χ1n) is 2.78. The van der Waals surface area contributed by atoms with Crippen LogP contribution in [0.25, 0.3) is 0 Å². The van der Waals surface area contributed by atoms with Crippen molar-refractivity contribution in [2.24, 2.45) is 0 Å². The van der Waals surface area contributed by atoms with Crippen molar-refractivity contribution < 1.29 is 0 Å². The number of rotatable bonds is 1. The second-order valence-electron chi connectivity index (χ2n) is 1.87. The second-order valence-corrected chi connectivity index (χ2v) is 3.45. The van der Waals surface area contributed by atoms with Crippen LogP contribution in [0.5, 0.6) is 0 Å². The van der Waals surface area contributed by atoms with Gasteiger partial charge in [0.15, 0.2) is 0 Å². The zero-order valence-electron chi connectivity index (χ0n) is 5.43. The predicted molar refractivity (Wildman–Crippen MR) is 52.1 cm³/mol. The normalized spacial score (nSPS) is 9.90. The van der Waals surface area contributed by atoms with E-state index in [1.165, 1.54) is 0 Å². The molecule has 0 unspecified atom stereocenters. The molecule has 4 heteroatoms. The Morgan fingerprint density at radius 1 is 1.70 bits per heavy atom. The highest BCUT2D eigenvalue weighted by Gasteiger charge is 1.97. The third-order valence-electron chi connectivity index (χ3n) is 1.07. The summed E-state index contributed by atoms with van der Waals surface area (Å²) in [6, 6.07) is 0. The van der Waals surface area contributed by atoms with Crippen LogP contribution in [0.4, 0.5) is 0 Å². The van der Waals surface area contributed by atoms with E-state index < -0.39 is 0 Å². The first-order valence-corrected chi connectivity index (χ1v) is 4.98. The lowest BCUT2D eigenvalue weighted by atomic mass is 10.4. The molecule has 0 saturated heterocycles. The summed E-state index contributed by atoms with van der Waals surface area (Å²) in [6.45, 7) is 1.96. The minimum absolute atomic E-state index is 0.776. The van der Waals surface area contributed by atoms with Gasteiger partial charge in [0.25, 0.3) is 0 Å².